The molecule has 0 saturated carbocycles. The van der Waals surface area contributed by atoms with Gasteiger partial charge in [-0.05, 0) is 119 Å². The molecule has 2 N–H and O–H groups in total. The molecule has 6 aromatic heterocycles. The number of carboxylic acid groups (broad SMARTS) is 2. The van der Waals surface area contributed by atoms with E-state index in [4.69, 9.17) is 29.7 Å². The van der Waals surface area contributed by atoms with Crippen LogP contribution in [0.15, 0.2) is 195 Å². The van der Waals surface area contributed by atoms with Crippen LogP contribution in [0.5, 0.6) is 11.5 Å². The second-order valence-electron chi connectivity index (χ2n) is 14.2. The van der Waals surface area contributed by atoms with Gasteiger partial charge in [0.1, 0.15) is 11.5 Å². The number of pyridine rings is 6. The van der Waals surface area contributed by atoms with Crippen molar-refractivity contribution in [2.24, 2.45) is 0 Å². The van der Waals surface area contributed by atoms with Crippen LogP contribution < -0.4 is 9.47 Å². The molecule has 0 bridgehead atoms. The fraction of sp³-hybridized carbons (Fsp3) is 0.0769. The van der Waals surface area contributed by atoms with Crippen molar-refractivity contribution >= 4 is 11.9 Å². The molecule has 0 aliphatic rings. The van der Waals surface area contributed by atoms with Crippen LogP contribution >= 0.6 is 0 Å². The number of carbonyl (C=O) groups is 2. The minimum Gasteiger partial charge on any atom is -0.493 e. The Hall–Kier alpha value is -8.12. The number of benzene rings is 2. The molecule has 6 heterocycles. The summed E-state index contributed by atoms with van der Waals surface area (Å²) in [7, 11) is 0. The molecular weight excluding hydrogens is 860 g/mol. The molecule has 0 radical (unpaired) electrons. The van der Waals surface area contributed by atoms with E-state index in [1.165, 1.54) is 0 Å². The quantitative estimate of drug-likeness (QED) is 0.0696. The van der Waals surface area contributed by atoms with Crippen molar-refractivity contribution < 1.29 is 46.3 Å². The third-order valence-corrected chi connectivity index (χ3v) is 9.69. The summed E-state index contributed by atoms with van der Waals surface area (Å²) >= 11 is 0. The molecule has 324 valence electrons. The molecule has 0 unspecified atom stereocenters. The monoisotopic (exact) mass is 902 g/mol. The van der Waals surface area contributed by atoms with E-state index >= 15 is 0 Å². The van der Waals surface area contributed by atoms with Crippen molar-refractivity contribution in [1.29, 1.82) is 0 Å². The van der Waals surface area contributed by atoms with E-state index in [0.717, 1.165) is 67.8 Å². The average molecular weight is 903 g/mol. The average Bonchev–Trinajstić information content (AvgIpc) is 3.35. The van der Waals surface area contributed by atoms with E-state index in [-0.39, 0.29) is 54.3 Å². The summed E-state index contributed by atoms with van der Waals surface area (Å²) in [5, 5.41) is 17.8. The standard InChI is InChI=1S/2C26H21N3O3.Fe/c2*1-18(26(30)31)12-15-32-21-10-8-19(9-11-21)20-16-24(22-6-2-4-13-27-22)29-25(17-20)23-7-3-5-14-28-23;/h2*2-11,13-14,16-17H,1,12,15H2,(H,30,31);. The number of nitrogens with zero attached hydrogens (tertiary/aromatic N) is 6. The summed E-state index contributed by atoms with van der Waals surface area (Å²) in [6, 6.07) is 46.2. The molecule has 8 rings (SSSR count). The van der Waals surface area contributed by atoms with E-state index in [0.29, 0.717) is 11.5 Å². The van der Waals surface area contributed by atoms with Gasteiger partial charge in [0.25, 0.3) is 0 Å². The topological polar surface area (TPSA) is 170 Å². The van der Waals surface area contributed by atoms with Crippen molar-refractivity contribution in [3.8, 4) is 79.3 Å². The summed E-state index contributed by atoms with van der Waals surface area (Å²) < 4.78 is 11.3. The van der Waals surface area contributed by atoms with Gasteiger partial charge >= 0.3 is 11.9 Å². The van der Waals surface area contributed by atoms with E-state index < -0.39 is 11.9 Å². The molecular formula is C52H42FeN6O6. The Morgan fingerprint density at radius 2 is 0.708 bits per heavy atom. The fourth-order valence-corrected chi connectivity index (χ4v) is 6.26. The number of ether oxygens (including phenoxy) is 2. The van der Waals surface area contributed by atoms with Gasteiger partial charge in [-0.2, -0.15) is 0 Å². The van der Waals surface area contributed by atoms with E-state index in [9.17, 15) is 9.59 Å². The third-order valence-electron chi connectivity index (χ3n) is 9.69. The summed E-state index contributed by atoms with van der Waals surface area (Å²) in [6.45, 7) is 7.53. The first-order valence-corrected chi connectivity index (χ1v) is 20.2. The van der Waals surface area contributed by atoms with Gasteiger partial charge in [0.15, 0.2) is 0 Å². The van der Waals surface area contributed by atoms with Crippen LogP contribution in [0.2, 0.25) is 0 Å². The number of hydrogen-bond donors (Lipinski definition) is 2. The zero-order valence-electron chi connectivity index (χ0n) is 35.0. The number of rotatable bonds is 16. The number of aromatic nitrogens is 6. The van der Waals surface area contributed by atoms with Crippen molar-refractivity contribution in [1.82, 2.24) is 29.9 Å². The normalized spacial score (nSPS) is 10.3. The smallest absolute Gasteiger partial charge is 0.331 e. The predicted molar refractivity (Wildman–Crippen MR) is 246 cm³/mol. The van der Waals surface area contributed by atoms with Gasteiger partial charge in [-0.25, -0.2) is 19.6 Å². The summed E-state index contributed by atoms with van der Waals surface area (Å²) in [4.78, 5) is 49.0. The van der Waals surface area contributed by atoms with Crippen molar-refractivity contribution in [2.75, 3.05) is 13.2 Å². The molecule has 0 aliphatic carbocycles. The van der Waals surface area contributed by atoms with Crippen LogP contribution in [0.4, 0.5) is 0 Å². The zero-order chi connectivity index (χ0) is 44.7. The van der Waals surface area contributed by atoms with Gasteiger partial charge in [-0.1, -0.05) is 61.7 Å². The van der Waals surface area contributed by atoms with Crippen LogP contribution in [-0.4, -0.2) is 65.3 Å². The second-order valence-corrected chi connectivity index (χ2v) is 14.2. The first kappa shape index (κ1) is 46.4. The Labute approximate surface area is 386 Å². The van der Waals surface area contributed by atoms with Crippen LogP contribution in [0, 0.1) is 0 Å². The molecule has 0 saturated heterocycles. The molecule has 13 heteroatoms. The maximum atomic E-state index is 10.8. The van der Waals surface area contributed by atoms with Crippen molar-refractivity contribution in [3.05, 3.63) is 195 Å². The largest absolute Gasteiger partial charge is 0.493 e. The Bertz CT molecular complexity index is 2540. The van der Waals surface area contributed by atoms with Crippen LogP contribution in [0.3, 0.4) is 0 Å². The van der Waals surface area contributed by atoms with E-state index in [1.807, 2.05) is 146 Å². The van der Waals surface area contributed by atoms with Crippen molar-refractivity contribution in [2.45, 2.75) is 12.8 Å². The van der Waals surface area contributed by atoms with Gasteiger partial charge in [-0.15, -0.1) is 0 Å². The Kier molecular flexibility index (Phi) is 16.3. The minimum absolute atomic E-state index is 0. The van der Waals surface area contributed by atoms with Gasteiger partial charge in [0.2, 0.25) is 0 Å². The number of hydrogen-bond acceptors (Lipinski definition) is 10. The molecule has 8 aromatic rings. The molecule has 2 aromatic carbocycles. The Morgan fingerprint density at radius 3 is 0.954 bits per heavy atom. The number of carboxylic acids is 2. The molecule has 0 atom stereocenters. The summed E-state index contributed by atoms with van der Waals surface area (Å²) in [5.41, 5.74) is 10.4. The van der Waals surface area contributed by atoms with Gasteiger partial charge < -0.3 is 19.7 Å². The molecule has 65 heavy (non-hydrogen) atoms. The molecule has 12 nitrogen and oxygen atoms in total. The maximum absolute atomic E-state index is 10.8. The van der Waals surface area contributed by atoms with Crippen LogP contribution in [0.1, 0.15) is 12.8 Å². The van der Waals surface area contributed by atoms with Gasteiger partial charge in [-0.3, -0.25) is 19.9 Å². The van der Waals surface area contributed by atoms with E-state index in [2.05, 4.69) is 33.1 Å². The van der Waals surface area contributed by atoms with E-state index in [1.54, 1.807) is 24.8 Å². The summed E-state index contributed by atoms with van der Waals surface area (Å²) in [6.07, 6.45) is 7.51. The first-order valence-electron chi connectivity index (χ1n) is 20.2. The van der Waals surface area contributed by atoms with Crippen LogP contribution in [0.25, 0.3) is 67.8 Å². The van der Waals surface area contributed by atoms with Gasteiger partial charge in [0, 0.05) is 65.8 Å². The fourth-order valence-electron chi connectivity index (χ4n) is 6.26. The SMILES string of the molecule is C=C(CCOc1ccc(-c2cc(-c3ccccn3)nc(-c3ccccn3)c2)cc1)C(=O)O.C=C(CCOc1ccc(-c2cc(-c3ccccn3)nc(-c3ccccn3)c2)cc1)C(=O)O.[Fe]. The molecule has 0 aliphatic heterocycles. The van der Waals surface area contributed by atoms with Gasteiger partial charge in [0.05, 0.1) is 58.8 Å². The molecule has 0 amide bonds. The second kappa shape index (κ2) is 22.8. The Morgan fingerprint density at radius 1 is 0.415 bits per heavy atom. The zero-order valence-corrected chi connectivity index (χ0v) is 36.1. The Balaban J connectivity index is 0.000000212. The first-order chi connectivity index (χ1) is 31.2. The van der Waals surface area contributed by atoms with Crippen LogP contribution in [-0.2, 0) is 26.7 Å². The number of aliphatic carboxylic acids is 2. The summed E-state index contributed by atoms with van der Waals surface area (Å²) in [5.74, 6) is -0.685. The molecule has 0 fully saturated rings. The molecule has 0 spiro atoms. The minimum atomic E-state index is -1.01. The predicted octanol–water partition coefficient (Wildman–Crippen LogP) is 10.6. The third kappa shape index (κ3) is 13.0. The maximum Gasteiger partial charge on any atom is 0.331 e. The van der Waals surface area contributed by atoms with Crippen molar-refractivity contribution in [3.63, 3.8) is 0 Å².